The lowest BCUT2D eigenvalue weighted by atomic mass is 10.1. The Kier molecular flexibility index (Phi) is 4.32. The van der Waals surface area contributed by atoms with Gasteiger partial charge in [-0.1, -0.05) is 26.0 Å². The first-order valence-corrected chi connectivity index (χ1v) is 6.72. The number of aromatic nitrogens is 1. The number of benzene rings is 1. The summed E-state index contributed by atoms with van der Waals surface area (Å²) in [7, 11) is 0. The largest absolute Gasteiger partial charge is 0.316 e. The Morgan fingerprint density at radius 3 is 2.78 bits per heavy atom. The molecule has 18 heavy (non-hydrogen) atoms. The minimum atomic E-state index is 0.716. The lowest BCUT2D eigenvalue weighted by Crippen LogP contribution is -2.22. The van der Waals surface area contributed by atoms with Crippen LogP contribution in [0.1, 0.15) is 25.1 Å². The Morgan fingerprint density at radius 2 is 2.00 bits per heavy atom. The zero-order valence-corrected chi connectivity index (χ0v) is 11.5. The zero-order valence-electron chi connectivity index (χ0n) is 11.5. The van der Waals surface area contributed by atoms with Crippen LogP contribution in [0, 0.1) is 12.8 Å². The van der Waals surface area contributed by atoms with Crippen LogP contribution >= 0.6 is 0 Å². The summed E-state index contributed by atoms with van der Waals surface area (Å²) in [5.74, 6) is 0.716. The number of aryl methyl sites for hydroxylation is 1. The van der Waals surface area contributed by atoms with Gasteiger partial charge in [-0.05, 0) is 56.1 Å². The fraction of sp³-hybridized carbons (Fsp3) is 0.438. The third-order valence-electron chi connectivity index (χ3n) is 3.04. The van der Waals surface area contributed by atoms with Gasteiger partial charge in [0.1, 0.15) is 0 Å². The monoisotopic (exact) mass is 242 g/mol. The van der Waals surface area contributed by atoms with Crippen LogP contribution < -0.4 is 5.32 Å². The maximum absolute atomic E-state index is 4.52. The van der Waals surface area contributed by atoms with Crippen LogP contribution in [0.5, 0.6) is 0 Å². The molecule has 0 atom stereocenters. The summed E-state index contributed by atoms with van der Waals surface area (Å²) in [4.78, 5) is 4.52. The average Bonchev–Trinajstić information content (AvgIpc) is 2.34. The molecule has 0 fully saturated rings. The van der Waals surface area contributed by atoms with Gasteiger partial charge in [0.05, 0.1) is 5.52 Å². The maximum atomic E-state index is 4.52. The van der Waals surface area contributed by atoms with Crippen LogP contribution in [0.2, 0.25) is 0 Å². The minimum Gasteiger partial charge on any atom is -0.316 e. The van der Waals surface area contributed by atoms with Gasteiger partial charge in [0.2, 0.25) is 0 Å². The summed E-state index contributed by atoms with van der Waals surface area (Å²) in [5, 5.41) is 4.71. The molecular weight excluding hydrogens is 220 g/mol. The number of nitrogens with one attached hydrogen (secondary N) is 1. The molecule has 0 radical (unpaired) electrons. The van der Waals surface area contributed by atoms with E-state index < -0.39 is 0 Å². The predicted molar refractivity (Wildman–Crippen MR) is 77.9 cm³/mol. The second-order valence-electron chi connectivity index (χ2n) is 5.33. The summed E-state index contributed by atoms with van der Waals surface area (Å²) < 4.78 is 0. The molecule has 1 aromatic carbocycles. The van der Waals surface area contributed by atoms with Gasteiger partial charge < -0.3 is 5.32 Å². The van der Waals surface area contributed by atoms with Crippen molar-refractivity contribution in [1.82, 2.24) is 10.3 Å². The zero-order chi connectivity index (χ0) is 13.0. The van der Waals surface area contributed by atoms with E-state index in [-0.39, 0.29) is 0 Å². The van der Waals surface area contributed by atoms with Gasteiger partial charge in [0.15, 0.2) is 0 Å². The van der Waals surface area contributed by atoms with E-state index in [1.807, 2.05) is 6.92 Å². The lowest BCUT2D eigenvalue weighted by Gasteiger charge is -2.08. The van der Waals surface area contributed by atoms with Crippen LogP contribution in [-0.2, 0) is 6.42 Å². The topological polar surface area (TPSA) is 24.9 Å². The van der Waals surface area contributed by atoms with E-state index >= 15 is 0 Å². The molecule has 0 unspecified atom stereocenters. The molecule has 0 aliphatic carbocycles. The van der Waals surface area contributed by atoms with Gasteiger partial charge in [0.25, 0.3) is 0 Å². The highest BCUT2D eigenvalue weighted by Crippen LogP contribution is 2.14. The molecule has 1 heterocycles. The molecule has 2 rings (SSSR count). The van der Waals surface area contributed by atoms with Crippen molar-refractivity contribution in [2.75, 3.05) is 13.1 Å². The summed E-state index contributed by atoms with van der Waals surface area (Å²) in [6.45, 7) is 8.63. The van der Waals surface area contributed by atoms with Crippen molar-refractivity contribution in [3.05, 3.63) is 41.6 Å². The van der Waals surface area contributed by atoms with Crippen molar-refractivity contribution in [2.24, 2.45) is 5.92 Å². The van der Waals surface area contributed by atoms with Crippen LogP contribution in [0.4, 0.5) is 0 Å². The first-order chi connectivity index (χ1) is 8.65. The highest BCUT2D eigenvalue weighted by atomic mass is 14.8. The molecule has 0 bridgehead atoms. The van der Waals surface area contributed by atoms with Gasteiger partial charge in [-0.25, -0.2) is 0 Å². The van der Waals surface area contributed by atoms with Crippen molar-refractivity contribution in [3.63, 3.8) is 0 Å². The molecule has 2 nitrogen and oxygen atoms in total. The molecule has 0 aliphatic heterocycles. The Morgan fingerprint density at radius 1 is 1.17 bits per heavy atom. The molecule has 2 aromatic rings. The number of hydrogen-bond acceptors (Lipinski definition) is 2. The van der Waals surface area contributed by atoms with Gasteiger partial charge in [-0.2, -0.15) is 0 Å². The van der Waals surface area contributed by atoms with Crippen LogP contribution in [-0.4, -0.2) is 18.1 Å². The van der Waals surface area contributed by atoms with Crippen molar-refractivity contribution in [3.8, 4) is 0 Å². The smallest absolute Gasteiger partial charge is 0.0705 e. The van der Waals surface area contributed by atoms with E-state index in [1.165, 1.54) is 10.9 Å². The molecule has 1 N–H and O–H groups in total. The third-order valence-corrected chi connectivity index (χ3v) is 3.04. The van der Waals surface area contributed by atoms with Gasteiger partial charge in [-0.3, -0.25) is 4.98 Å². The lowest BCUT2D eigenvalue weighted by molar-refractivity contribution is 0.554. The highest BCUT2D eigenvalue weighted by Gasteiger charge is 1.99. The number of hydrogen-bond donors (Lipinski definition) is 1. The number of fused-ring (bicyclic) bond motifs is 1. The number of nitrogens with zero attached hydrogens (tertiary/aromatic N) is 1. The molecular formula is C16H22N2. The summed E-state index contributed by atoms with van der Waals surface area (Å²) in [6.07, 6.45) is 1.08. The second kappa shape index (κ2) is 5.96. The van der Waals surface area contributed by atoms with Crippen LogP contribution in [0.25, 0.3) is 10.9 Å². The summed E-state index contributed by atoms with van der Waals surface area (Å²) in [6, 6.07) is 10.8. The van der Waals surface area contributed by atoms with Crippen molar-refractivity contribution >= 4 is 10.9 Å². The van der Waals surface area contributed by atoms with E-state index in [0.717, 1.165) is 30.7 Å². The first kappa shape index (κ1) is 13.0. The summed E-state index contributed by atoms with van der Waals surface area (Å²) >= 11 is 0. The first-order valence-electron chi connectivity index (χ1n) is 6.72. The van der Waals surface area contributed by atoms with Crippen molar-refractivity contribution in [2.45, 2.75) is 27.2 Å². The SMILES string of the molecule is Cc1ccc2cc(CCNCC(C)C)ccc2n1. The Hall–Kier alpha value is -1.41. The highest BCUT2D eigenvalue weighted by molar-refractivity contribution is 5.79. The maximum Gasteiger partial charge on any atom is 0.0705 e. The van der Waals surface area contributed by atoms with Gasteiger partial charge in [-0.15, -0.1) is 0 Å². The van der Waals surface area contributed by atoms with E-state index in [4.69, 9.17) is 0 Å². The van der Waals surface area contributed by atoms with E-state index in [0.29, 0.717) is 5.92 Å². The molecule has 0 saturated heterocycles. The Labute approximate surface area is 109 Å². The van der Waals surface area contributed by atoms with Crippen molar-refractivity contribution < 1.29 is 0 Å². The second-order valence-corrected chi connectivity index (χ2v) is 5.33. The average molecular weight is 242 g/mol. The molecule has 2 heteroatoms. The van der Waals surface area contributed by atoms with Crippen LogP contribution in [0.3, 0.4) is 0 Å². The molecule has 0 amide bonds. The van der Waals surface area contributed by atoms with E-state index in [9.17, 15) is 0 Å². The minimum absolute atomic E-state index is 0.716. The van der Waals surface area contributed by atoms with E-state index in [1.54, 1.807) is 0 Å². The Balaban J connectivity index is 1.99. The third kappa shape index (κ3) is 3.54. The fourth-order valence-electron chi connectivity index (χ4n) is 2.06. The van der Waals surface area contributed by atoms with Crippen LogP contribution in [0.15, 0.2) is 30.3 Å². The van der Waals surface area contributed by atoms with Gasteiger partial charge >= 0.3 is 0 Å². The number of pyridine rings is 1. The fourth-order valence-corrected chi connectivity index (χ4v) is 2.06. The Bertz CT molecular complexity index is 517. The standard InChI is InChI=1S/C16H22N2/c1-12(2)11-17-9-8-14-5-7-16-15(10-14)6-4-13(3)18-16/h4-7,10,12,17H,8-9,11H2,1-3H3. The normalized spacial score (nSPS) is 11.3. The summed E-state index contributed by atoms with van der Waals surface area (Å²) in [5.41, 5.74) is 3.55. The van der Waals surface area contributed by atoms with Gasteiger partial charge in [0, 0.05) is 11.1 Å². The number of rotatable bonds is 5. The van der Waals surface area contributed by atoms with E-state index in [2.05, 4.69) is 54.5 Å². The molecule has 0 aliphatic rings. The quantitative estimate of drug-likeness (QED) is 0.813. The molecule has 0 spiro atoms. The molecule has 1 aromatic heterocycles. The van der Waals surface area contributed by atoms with Crippen molar-refractivity contribution in [1.29, 1.82) is 0 Å². The molecule has 0 saturated carbocycles. The molecule has 96 valence electrons. The predicted octanol–water partition coefficient (Wildman–Crippen LogP) is 3.33.